The molecule has 1 unspecified atom stereocenters. The highest BCUT2D eigenvalue weighted by Crippen LogP contribution is 2.25. The highest BCUT2D eigenvalue weighted by molar-refractivity contribution is 5.30. The molecule has 0 aliphatic rings. The predicted molar refractivity (Wildman–Crippen MR) is 100 cm³/mol. The highest BCUT2D eigenvalue weighted by Gasteiger charge is 2.12. The van der Waals surface area contributed by atoms with Gasteiger partial charge in [-0.3, -0.25) is 10.1 Å². The van der Waals surface area contributed by atoms with Crippen molar-refractivity contribution in [2.24, 2.45) is 0 Å². The van der Waals surface area contributed by atoms with Gasteiger partial charge in [0.15, 0.2) is 5.82 Å². The molecule has 25 heavy (non-hydrogen) atoms. The molecule has 0 amide bonds. The quantitative estimate of drug-likeness (QED) is 0.343. The Labute approximate surface area is 150 Å². The molecule has 1 aromatic carbocycles. The maximum absolute atomic E-state index is 10.4. The second-order valence-corrected chi connectivity index (χ2v) is 6.02. The van der Waals surface area contributed by atoms with Gasteiger partial charge in [0.05, 0.1) is 11.5 Å². The Bertz CT molecular complexity index is 561. The second-order valence-electron chi connectivity index (χ2n) is 6.02. The van der Waals surface area contributed by atoms with Gasteiger partial charge in [0.2, 0.25) is 0 Å². The van der Waals surface area contributed by atoms with E-state index in [4.69, 9.17) is 4.74 Å². The Morgan fingerprint density at radius 1 is 1.40 bits per heavy atom. The molecule has 0 heterocycles. The average molecular weight is 350 g/mol. The summed E-state index contributed by atoms with van der Waals surface area (Å²) in [6, 6.07) is 8.63. The molecule has 1 aromatic rings. The number of hydrogen-bond donors (Lipinski definition) is 2. The first kappa shape index (κ1) is 20.8. The third-order valence-electron chi connectivity index (χ3n) is 3.91. The zero-order chi connectivity index (χ0) is 18.7. The maximum Gasteiger partial charge on any atom is 0.274 e. The third-order valence-corrected chi connectivity index (χ3v) is 3.91. The predicted octanol–water partition coefficient (Wildman–Crippen LogP) is 2.74. The summed E-state index contributed by atoms with van der Waals surface area (Å²) in [5.41, 5.74) is 1.26. The van der Waals surface area contributed by atoms with Crippen LogP contribution < -0.4 is 15.4 Å². The zero-order valence-corrected chi connectivity index (χ0v) is 15.6. The van der Waals surface area contributed by atoms with Gasteiger partial charge in [0.25, 0.3) is 6.20 Å². The van der Waals surface area contributed by atoms with E-state index in [9.17, 15) is 10.1 Å². The number of nitrogens with zero attached hydrogens (tertiary/aromatic N) is 2. The largest absolute Gasteiger partial charge is 0.494 e. The van der Waals surface area contributed by atoms with Crippen LogP contribution in [0.4, 0.5) is 0 Å². The van der Waals surface area contributed by atoms with E-state index in [-0.39, 0.29) is 0 Å². The van der Waals surface area contributed by atoms with Crippen molar-refractivity contribution in [1.29, 1.82) is 0 Å². The summed E-state index contributed by atoms with van der Waals surface area (Å²) in [4.78, 5) is 12.2. The molecule has 0 fully saturated rings. The Morgan fingerprint density at radius 2 is 2.16 bits per heavy atom. The van der Waals surface area contributed by atoms with Crippen LogP contribution in [0.5, 0.6) is 5.75 Å². The van der Waals surface area contributed by atoms with Gasteiger partial charge in [-0.05, 0) is 51.1 Å². The summed E-state index contributed by atoms with van der Waals surface area (Å²) >= 11 is 0. The molecule has 0 saturated heterocycles. The molecule has 0 aliphatic carbocycles. The number of unbranched alkanes of at least 4 members (excludes halogenated alkanes) is 1. The van der Waals surface area contributed by atoms with Gasteiger partial charge in [-0.25, -0.2) is 0 Å². The van der Waals surface area contributed by atoms with Crippen molar-refractivity contribution in [1.82, 2.24) is 15.5 Å². The summed E-state index contributed by atoms with van der Waals surface area (Å²) in [6.45, 7) is 3.46. The van der Waals surface area contributed by atoms with E-state index in [1.54, 1.807) is 7.05 Å². The van der Waals surface area contributed by atoms with Crippen molar-refractivity contribution in [2.75, 3.05) is 34.3 Å². The molecule has 0 radical (unpaired) electrons. The molecule has 1 atom stereocenters. The lowest BCUT2D eigenvalue weighted by atomic mass is 10.0. The fourth-order valence-corrected chi connectivity index (χ4v) is 2.65. The third kappa shape index (κ3) is 7.89. The minimum absolute atomic E-state index is 0.390. The average Bonchev–Trinajstić information content (AvgIpc) is 2.57. The van der Waals surface area contributed by atoms with Crippen LogP contribution in [-0.2, 0) is 0 Å². The van der Waals surface area contributed by atoms with Crippen LogP contribution in [-0.4, -0.2) is 44.1 Å². The van der Waals surface area contributed by atoms with Crippen LogP contribution in [0.3, 0.4) is 0 Å². The SMILES string of the molecule is CCC(c1cccc(OCCCCN/C(=C/[N+](=O)[O-])NC)c1)N(C)C. The zero-order valence-electron chi connectivity index (χ0n) is 15.6. The molecular weight excluding hydrogens is 320 g/mol. The Kier molecular flexibility index (Phi) is 9.39. The van der Waals surface area contributed by atoms with Crippen molar-refractivity contribution < 1.29 is 9.66 Å². The normalized spacial score (nSPS) is 12.8. The van der Waals surface area contributed by atoms with Crippen LogP contribution in [0.1, 0.15) is 37.8 Å². The first-order valence-electron chi connectivity index (χ1n) is 8.64. The molecule has 0 aromatic heterocycles. The van der Waals surface area contributed by atoms with Gasteiger partial charge in [0.1, 0.15) is 5.75 Å². The fourth-order valence-electron chi connectivity index (χ4n) is 2.65. The van der Waals surface area contributed by atoms with Crippen LogP contribution in [0.2, 0.25) is 0 Å². The van der Waals surface area contributed by atoms with E-state index >= 15 is 0 Å². The number of rotatable bonds is 12. The molecule has 0 saturated carbocycles. The molecule has 7 heteroatoms. The molecule has 0 spiro atoms. The van der Waals surface area contributed by atoms with E-state index in [1.165, 1.54) is 5.56 Å². The van der Waals surface area contributed by atoms with E-state index < -0.39 is 4.92 Å². The second kappa shape index (κ2) is 11.3. The summed E-state index contributed by atoms with van der Waals surface area (Å²) in [7, 11) is 5.82. The molecular formula is C18H30N4O3. The van der Waals surface area contributed by atoms with E-state index in [1.807, 2.05) is 12.1 Å². The number of ether oxygens (including phenoxy) is 1. The van der Waals surface area contributed by atoms with Crippen LogP contribution >= 0.6 is 0 Å². The summed E-state index contributed by atoms with van der Waals surface area (Å²) < 4.78 is 5.83. The molecule has 7 nitrogen and oxygen atoms in total. The molecule has 0 aliphatic heterocycles. The minimum Gasteiger partial charge on any atom is -0.494 e. The van der Waals surface area contributed by atoms with Gasteiger partial charge in [0, 0.05) is 19.6 Å². The lowest BCUT2D eigenvalue weighted by molar-refractivity contribution is -0.404. The van der Waals surface area contributed by atoms with Crippen molar-refractivity contribution in [3.05, 3.63) is 52.0 Å². The summed E-state index contributed by atoms with van der Waals surface area (Å²) in [5.74, 6) is 1.29. The van der Waals surface area contributed by atoms with Gasteiger partial charge in [-0.1, -0.05) is 19.1 Å². The summed E-state index contributed by atoms with van der Waals surface area (Å²) in [6.07, 6.45) is 3.72. The topological polar surface area (TPSA) is 79.7 Å². The Hall–Kier alpha value is -2.28. The fraction of sp³-hybridized carbons (Fsp3) is 0.556. The van der Waals surface area contributed by atoms with Crippen molar-refractivity contribution >= 4 is 0 Å². The number of nitro groups is 1. The number of nitrogens with one attached hydrogen (secondary N) is 2. The standard InChI is InChI=1S/C18H30N4O3/c1-5-17(21(3)4)15-9-8-10-16(13-15)25-12-7-6-11-20-18(19-2)14-22(23)24/h8-10,13-14,17,19-20H,5-7,11-12H2,1-4H3/b18-14+. The monoisotopic (exact) mass is 350 g/mol. The molecule has 140 valence electrons. The minimum atomic E-state index is -0.480. The van der Waals surface area contributed by atoms with Gasteiger partial charge in [-0.2, -0.15) is 0 Å². The van der Waals surface area contributed by atoms with Gasteiger partial charge >= 0.3 is 0 Å². The van der Waals surface area contributed by atoms with Crippen LogP contribution in [0.15, 0.2) is 36.3 Å². The van der Waals surface area contributed by atoms with Crippen molar-refractivity contribution in [3.8, 4) is 5.75 Å². The number of benzene rings is 1. The van der Waals surface area contributed by atoms with E-state index in [0.29, 0.717) is 25.0 Å². The van der Waals surface area contributed by atoms with E-state index in [0.717, 1.165) is 31.2 Å². The van der Waals surface area contributed by atoms with Gasteiger partial charge < -0.3 is 20.3 Å². The first-order chi connectivity index (χ1) is 12.0. The van der Waals surface area contributed by atoms with Crippen LogP contribution in [0, 0.1) is 10.1 Å². The summed E-state index contributed by atoms with van der Waals surface area (Å²) in [5, 5.41) is 16.2. The molecule has 1 rings (SSSR count). The molecule has 2 N–H and O–H groups in total. The number of hydrogen-bond acceptors (Lipinski definition) is 6. The van der Waals surface area contributed by atoms with Gasteiger partial charge in [-0.15, -0.1) is 0 Å². The Balaban J connectivity index is 2.36. The Morgan fingerprint density at radius 3 is 2.76 bits per heavy atom. The lowest BCUT2D eigenvalue weighted by Crippen LogP contribution is -2.25. The first-order valence-corrected chi connectivity index (χ1v) is 8.64. The van der Waals surface area contributed by atoms with E-state index in [2.05, 4.69) is 48.7 Å². The van der Waals surface area contributed by atoms with Crippen molar-refractivity contribution in [2.45, 2.75) is 32.2 Å². The van der Waals surface area contributed by atoms with Crippen molar-refractivity contribution in [3.63, 3.8) is 0 Å². The highest BCUT2D eigenvalue weighted by atomic mass is 16.6. The maximum atomic E-state index is 10.4. The smallest absolute Gasteiger partial charge is 0.274 e. The lowest BCUT2D eigenvalue weighted by Gasteiger charge is -2.23. The molecule has 0 bridgehead atoms. The van der Waals surface area contributed by atoms with Crippen LogP contribution in [0.25, 0.3) is 0 Å².